The van der Waals surface area contributed by atoms with Crippen LogP contribution in [0.15, 0.2) is 35.9 Å². The molecular weight excluding hydrogens is 426 g/mol. The molecule has 1 fully saturated rings. The Morgan fingerprint density at radius 2 is 1.58 bits per heavy atom. The number of rotatable bonds is 5. The first-order valence-electron chi connectivity index (χ1n) is 10.8. The monoisotopic (exact) mass is 455 g/mol. The number of carbonyl (C=O) groups excluding carboxylic acids is 1. The molecular formula is C25H29NO7. The van der Waals surface area contributed by atoms with Crippen LogP contribution in [-0.4, -0.2) is 48.7 Å². The van der Waals surface area contributed by atoms with Crippen LogP contribution in [0.2, 0.25) is 0 Å². The van der Waals surface area contributed by atoms with Crippen molar-refractivity contribution < 1.29 is 34.3 Å². The Balaban J connectivity index is 1.90. The molecule has 2 aromatic carbocycles. The van der Waals surface area contributed by atoms with E-state index in [4.69, 9.17) is 14.2 Å². The minimum Gasteiger partial charge on any atom is -0.504 e. The number of methoxy groups -OCH3 is 2. The highest BCUT2D eigenvalue weighted by Crippen LogP contribution is 2.54. The van der Waals surface area contributed by atoms with Crippen LogP contribution in [0.4, 0.5) is 0 Å². The topological polar surface area (TPSA) is 117 Å². The molecule has 2 aromatic rings. The van der Waals surface area contributed by atoms with Gasteiger partial charge < -0.3 is 34.8 Å². The fraction of sp³-hybridized carbons (Fsp3) is 0.400. The van der Waals surface area contributed by atoms with Crippen molar-refractivity contribution in [1.82, 2.24) is 5.32 Å². The molecule has 33 heavy (non-hydrogen) atoms. The summed E-state index contributed by atoms with van der Waals surface area (Å²) >= 11 is 0. The van der Waals surface area contributed by atoms with E-state index in [1.165, 1.54) is 26.4 Å². The van der Waals surface area contributed by atoms with Gasteiger partial charge >= 0.3 is 0 Å². The fourth-order valence-corrected chi connectivity index (χ4v) is 4.97. The van der Waals surface area contributed by atoms with Gasteiger partial charge in [0.25, 0.3) is 0 Å². The third kappa shape index (κ3) is 3.84. The molecule has 8 nitrogen and oxygen atoms in total. The van der Waals surface area contributed by atoms with Gasteiger partial charge in [0.05, 0.1) is 33.5 Å². The number of amides is 1. The Bertz CT molecular complexity index is 1090. The number of nitrogens with one attached hydrogen (secondary N) is 1. The summed E-state index contributed by atoms with van der Waals surface area (Å²) in [4.78, 5) is 12.8. The summed E-state index contributed by atoms with van der Waals surface area (Å²) in [5.41, 5.74) is 2.87. The van der Waals surface area contributed by atoms with Gasteiger partial charge in [0.15, 0.2) is 23.0 Å². The minimum absolute atomic E-state index is 0.0309. The molecule has 1 amide bonds. The SMILES string of the molecule is C/C=C(/C)C(=O)NC1c2cc(O)c(O)cc2C(c2cc(OC)c(O)c(OC)c2)[C@@H]2COCC12. The summed E-state index contributed by atoms with van der Waals surface area (Å²) in [6.07, 6.45) is 1.74. The summed E-state index contributed by atoms with van der Waals surface area (Å²) in [6.45, 7) is 4.44. The van der Waals surface area contributed by atoms with E-state index in [1.807, 2.05) is 0 Å². The average molecular weight is 456 g/mol. The van der Waals surface area contributed by atoms with Crippen molar-refractivity contribution in [2.45, 2.75) is 25.8 Å². The number of phenolic OH excluding ortho intramolecular Hbond substituents is 3. The first-order chi connectivity index (χ1) is 15.8. The highest BCUT2D eigenvalue weighted by molar-refractivity contribution is 5.93. The van der Waals surface area contributed by atoms with E-state index in [-0.39, 0.29) is 52.4 Å². The quantitative estimate of drug-likeness (QED) is 0.403. The van der Waals surface area contributed by atoms with Crippen LogP contribution in [0.25, 0.3) is 0 Å². The summed E-state index contributed by atoms with van der Waals surface area (Å²) in [7, 11) is 2.93. The van der Waals surface area contributed by atoms with Gasteiger partial charge in [-0.25, -0.2) is 0 Å². The molecule has 1 saturated heterocycles. The zero-order valence-corrected chi connectivity index (χ0v) is 19.1. The molecule has 4 N–H and O–H groups in total. The Morgan fingerprint density at radius 3 is 2.15 bits per heavy atom. The largest absolute Gasteiger partial charge is 0.504 e. The molecule has 0 aromatic heterocycles. The maximum atomic E-state index is 12.8. The van der Waals surface area contributed by atoms with Gasteiger partial charge in [-0.2, -0.15) is 0 Å². The van der Waals surface area contributed by atoms with Crippen molar-refractivity contribution in [2.24, 2.45) is 11.8 Å². The maximum absolute atomic E-state index is 12.8. The van der Waals surface area contributed by atoms with E-state index < -0.39 is 6.04 Å². The molecule has 4 atom stereocenters. The molecule has 1 aliphatic heterocycles. The second-order valence-electron chi connectivity index (χ2n) is 8.51. The first kappa shape index (κ1) is 22.8. The van der Waals surface area contributed by atoms with Gasteiger partial charge in [0, 0.05) is 23.3 Å². The molecule has 0 bridgehead atoms. The highest BCUT2D eigenvalue weighted by Gasteiger charge is 2.48. The van der Waals surface area contributed by atoms with E-state index >= 15 is 0 Å². The molecule has 0 radical (unpaired) electrons. The van der Waals surface area contributed by atoms with Crippen molar-refractivity contribution in [3.8, 4) is 28.7 Å². The van der Waals surface area contributed by atoms with Crippen LogP contribution < -0.4 is 14.8 Å². The van der Waals surface area contributed by atoms with Gasteiger partial charge in [-0.3, -0.25) is 4.79 Å². The van der Waals surface area contributed by atoms with E-state index in [0.29, 0.717) is 24.4 Å². The van der Waals surface area contributed by atoms with Gasteiger partial charge in [-0.15, -0.1) is 0 Å². The molecule has 8 heteroatoms. The minimum atomic E-state index is -0.404. The van der Waals surface area contributed by atoms with Gasteiger partial charge in [0.1, 0.15) is 0 Å². The Labute approximate surface area is 192 Å². The maximum Gasteiger partial charge on any atom is 0.247 e. The summed E-state index contributed by atoms with van der Waals surface area (Å²) in [5, 5.41) is 34.1. The van der Waals surface area contributed by atoms with Crippen LogP contribution in [-0.2, 0) is 9.53 Å². The number of fused-ring (bicyclic) bond motifs is 2. The lowest BCUT2D eigenvalue weighted by Crippen LogP contribution is -2.42. The summed E-state index contributed by atoms with van der Waals surface area (Å²) in [5.74, 6) is -0.610. The first-order valence-corrected chi connectivity index (χ1v) is 10.8. The third-order valence-corrected chi connectivity index (χ3v) is 6.82. The Hall–Kier alpha value is -3.39. The molecule has 4 rings (SSSR count). The number of phenols is 3. The number of allylic oxidation sites excluding steroid dienone is 1. The molecule has 1 aliphatic carbocycles. The predicted molar refractivity (Wildman–Crippen MR) is 121 cm³/mol. The zero-order valence-electron chi connectivity index (χ0n) is 19.1. The molecule has 3 unspecified atom stereocenters. The Morgan fingerprint density at radius 1 is 1.00 bits per heavy atom. The number of ether oxygens (including phenoxy) is 3. The van der Waals surface area contributed by atoms with Crippen molar-refractivity contribution in [3.05, 3.63) is 52.6 Å². The normalized spacial score (nSPS) is 24.1. The van der Waals surface area contributed by atoms with E-state index in [0.717, 1.165) is 11.1 Å². The molecule has 1 heterocycles. The predicted octanol–water partition coefficient (Wildman–Crippen LogP) is 3.35. The average Bonchev–Trinajstić information content (AvgIpc) is 3.29. The van der Waals surface area contributed by atoms with Crippen LogP contribution in [0.3, 0.4) is 0 Å². The van der Waals surface area contributed by atoms with Gasteiger partial charge in [-0.1, -0.05) is 6.08 Å². The number of carbonyl (C=O) groups is 1. The van der Waals surface area contributed by atoms with Crippen molar-refractivity contribution in [2.75, 3.05) is 27.4 Å². The van der Waals surface area contributed by atoms with Gasteiger partial charge in [0.2, 0.25) is 11.7 Å². The van der Waals surface area contributed by atoms with E-state index in [1.54, 1.807) is 32.1 Å². The highest BCUT2D eigenvalue weighted by atomic mass is 16.5. The van der Waals surface area contributed by atoms with E-state index in [9.17, 15) is 20.1 Å². The second kappa shape index (κ2) is 8.86. The zero-order chi connectivity index (χ0) is 23.9. The lowest BCUT2D eigenvalue weighted by molar-refractivity contribution is -0.118. The number of hydrogen-bond donors (Lipinski definition) is 4. The molecule has 176 valence electrons. The summed E-state index contributed by atoms with van der Waals surface area (Å²) in [6, 6.07) is 6.13. The molecule has 2 aliphatic rings. The lowest BCUT2D eigenvalue weighted by atomic mass is 9.65. The molecule has 0 saturated carbocycles. The van der Waals surface area contributed by atoms with Gasteiger partial charge in [-0.05, 0) is 54.8 Å². The summed E-state index contributed by atoms with van der Waals surface area (Å²) < 4.78 is 16.6. The smallest absolute Gasteiger partial charge is 0.247 e. The standard InChI is InChI=1S/C25H29NO7/c1-5-12(2)25(30)26-23-15-9-19(28)18(27)8-14(15)22(16-10-33-11-17(16)23)13-6-20(31-3)24(29)21(7-13)32-4/h5-9,16-17,22-23,27-29H,10-11H2,1-4H3,(H,26,30)/b12-5-/t16-,17?,22?,23?/m1/s1. The van der Waals surface area contributed by atoms with Crippen LogP contribution in [0, 0.1) is 11.8 Å². The number of aromatic hydroxyl groups is 3. The second-order valence-corrected chi connectivity index (χ2v) is 8.51. The van der Waals surface area contributed by atoms with Crippen LogP contribution in [0.1, 0.15) is 42.5 Å². The van der Waals surface area contributed by atoms with Crippen LogP contribution in [0.5, 0.6) is 28.7 Å². The number of hydrogen-bond acceptors (Lipinski definition) is 7. The lowest BCUT2D eigenvalue weighted by Gasteiger charge is -2.41. The van der Waals surface area contributed by atoms with Crippen molar-refractivity contribution in [3.63, 3.8) is 0 Å². The number of benzene rings is 2. The third-order valence-electron chi connectivity index (χ3n) is 6.82. The molecule has 0 spiro atoms. The van der Waals surface area contributed by atoms with Crippen molar-refractivity contribution in [1.29, 1.82) is 0 Å². The van der Waals surface area contributed by atoms with E-state index in [2.05, 4.69) is 5.32 Å². The van der Waals surface area contributed by atoms with Crippen LogP contribution >= 0.6 is 0 Å². The Kier molecular flexibility index (Phi) is 6.12. The van der Waals surface area contributed by atoms with Crippen molar-refractivity contribution >= 4 is 5.91 Å². The fourth-order valence-electron chi connectivity index (χ4n) is 4.97.